The maximum Gasteiger partial charge on any atom is 0.254 e. The van der Waals surface area contributed by atoms with Gasteiger partial charge in [-0.15, -0.1) is 0 Å². The Morgan fingerprint density at radius 2 is 1.73 bits per heavy atom. The predicted octanol–water partition coefficient (Wildman–Crippen LogP) is 3.90. The maximum absolute atomic E-state index is 13.1. The summed E-state index contributed by atoms with van der Waals surface area (Å²) >= 11 is 0. The summed E-state index contributed by atoms with van der Waals surface area (Å²) in [7, 11) is -1.82. The van der Waals surface area contributed by atoms with Crippen molar-refractivity contribution < 1.29 is 17.9 Å². The number of sulfonamides is 1. The van der Waals surface area contributed by atoms with Crippen LogP contribution in [0.25, 0.3) is 0 Å². The van der Waals surface area contributed by atoms with Crippen LogP contribution in [-0.2, 0) is 21.2 Å². The van der Waals surface area contributed by atoms with Crippen LogP contribution in [0.4, 0.5) is 0 Å². The Morgan fingerprint density at radius 1 is 1.08 bits per heavy atom. The zero-order chi connectivity index (χ0) is 26.6. The quantitative estimate of drug-likeness (QED) is 0.521. The Balaban J connectivity index is 1.30. The lowest BCUT2D eigenvalue weighted by molar-refractivity contribution is -0.161. The fourth-order valence-electron chi connectivity index (χ4n) is 5.51. The Labute approximate surface area is 222 Å². The molecule has 1 atom stereocenters. The minimum absolute atomic E-state index is 0.0161. The number of amides is 1. The van der Waals surface area contributed by atoms with Gasteiger partial charge in [0.1, 0.15) is 0 Å². The zero-order valence-corrected chi connectivity index (χ0v) is 23.4. The topological polar surface area (TPSA) is 70.2 Å². The number of carbonyl (C=O) groups excluding carboxylic acids is 1. The van der Waals surface area contributed by atoms with Crippen molar-refractivity contribution in [3.63, 3.8) is 0 Å². The predicted molar refractivity (Wildman–Crippen MR) is 146 cm³/mol. The van der Waals surface area contributed by atoms with Gasteiger partial charge in [-0.1, -0.05) is 44.2 Å². The van der Waals surface area contributed by atoms with E-state index in [0.717, 1.165) is 50.0 Å². The molecule has 0 N–H and O–H groups in total. The van der Waals surface area contributed by atoms with Crippen molar-refractivity contribution in [2.75, 3.05) is 46.3 Å². The molecule has 1 spiro atoms. The molecular formula is C29H41N3O4S. The standard InChI is InChI=1S/C29H41N3O4S/c1-23(2)20-30(4)37(34,35)27-12-10-25(11-13-27)14-17-31-18-15-29(16-19-31)22-32(21-24(3)36-29)28(33)26-8-6-5-7-9-26/h5-13,23-24H,14-22H2,1-4H3. The lowest BCUT2D eigenvalue weighted by atomic mass is 9.88. The molecule has 1 amide bonds. The van der Waals surface area contributed by atoms with E-state index in [1.165, 1.54) is 4.31 Å². The number of hydrogen-bond acceptors (Lipinski definition) is 5. The lowest BCUT2D eigenvalue weighted by Crippen LogP contribution is -2.60. The third-order valence-corrected chi connectivity index (χ3v) is 9.29. The third kappa shape index (κ3) is 6.79. The van der Waals surface area contributed by atoms with Crippen LogP contribution in [0.1, 0.15) is 49.5 Å². The number of morpholine rings is 1. The molecule has 2 heterocycles. The SMILES string of the molecule is CC(C)CN(C)S(=O)(=O)c1ccc(CCN2CCC3(CC2)CN(C(=O)c2ccccc2)CC(C)O3)cc1. The summed E-state index contributed by atoms with van der Waals surface area (Å²) in [4.78, 5) is 17.8. The molecule has 0 bridgehead atoms. The van der Waals surface area contributed by atoms with E-state index < -0.39 is 10.0 Å². The normalized spacial score (nSPS) is 20.6. The second-order valence-electron chi connectivity index (χ2n) is 11.1. The van der Waals surface area contributed by atoms with Gasteiger partial charge in [-0.05, 0) is 61.9 Å². The largest absolute Gasteiger partial charge is 0.368 e. The van der Waals surface area contributed by atoms with Gasteiger partial charge in [0.15, 0.2) is 0 Å². The first-order valence-corrected chi connectivity index (χ1v) is 14.8. The molecule has 8 heteroatoms. The molecule has 1 unspecified atom stereocenters. The van der Waals surface area contributed by atoms with Crippen molar-refractivity contribution >= 4 is 15.9 Å². The van der Waals surface area contributed by atoms with E-state index in [9.17, 15) is 13.2 Å². The number of likely N-dealkylation sites (tertiary alicyclic amines) is 1. The third-order valence-electron chi connectivity index (χ3n) is 7.45. The number of piperidine rings is 1. The highest BCUT2D eigenvalue weighted by Gasteiger charge is 2.43. The lowest BCUT2D eigenvalue weighted by Gasteiger charge is -2.49. The Bertz CT molecular complexity index is 1140. The average Bonchev–Trinajstić information content (AvgIpc) is 2.88. The first-order valence-electron chi connectivity index (χ1n) is 13.4. The molecule has 4 rings (SSSR count). The molecule has 2 aliphatic heterocycles. The summed E-state index contributed by atoms with van der Waals surface area (Å²) in [6.07, 6.45) is 2.68. The van der Waals surface area contributed by atoms with Crippen LogP contribution in [0.3, 0.4) is 0 Å². The molecule has 2 aliphatic rings. The second-order valence-corrected chi connectivity index (χ2v) is 13.1. The van der Waals surface area contributed by atoms with Crippen LogP contribution in [0.2, 0.25) is 0 Å². The zero-order valence-electron chi connectivity index (χ0n) is 22.6. The van der Waals surface area contributed by atoms with Crippen LogP contribution >= 0.6 is 0 Å². The fraction of sp³-hybridized carbons (Fsp3) is 0.552. The summed E-state index contributed by atoms with van der Waals surface area (Å²) in [5.41, 5.74) is 1.58. The van der Waals surface area contributed by atoms with Crippen molar-refractivity contribution in [3.05, 3.63) is 65.7 Å². The van der Waals surface area contributed by atoms with Gasteiger partial charge >= 0.3 is 0 Å². The van der Waals surface area contributed by atoms with Gasteiger partial charge in [-0.25, -0.2) is 12.7 Å². The minimum atomic E-state index is -3.45. The minimum Gasteiger partial charge on any atom is -0.368 e. The van der Waals surface area contributed by atoms with Crippen LogP contribution in [0.5, 0.6) is 0 Å². The van der Waals surface area contributed by atoms with Gasteiger partial charge in [0.25, 0.3) is 5.91 Å². The van der Waals surface area contributed by atoms with E-state index in [0.29, 0.717) is 24.5 Å². The second kappa shape index (κ2) is 11.6. The van der Waals surface area contributed by atoms with Crippen molar-refractivity contribution in [2.24, 2.45) is 5.92 Å². The van der Waals surface area contributed by atoms with E-state index >= 15 is 0 Å². The van der Waals surface area contributed by atoms with Gasteiger partial charge in [0.05, 0.1) is 23.1 Å². The number of carbonyl (C=O) groups is 1. The smallest absolute Gasteiger partial charge is 0.254 e. The summed E-state index contributed by atoms with van der Waals surface area (Å²) < 4.78 is 33.4. The molecule has 7 nitrogen and oxygen atoms in total. The van der Waals surface area contributed by atoms with Gasteiger partial charge < -0.3 is 14.5 Å². The molecule has 0 aliphatic carbocycles. The van der Waals surface area contributed by atoms with E-state index in [1.54, 1.807) is 19.2 Å². The van der Waals surface area contributed by atoms with Gasteiger partial charge in [-0.3, -0.25) is 4.79 Å². The van der Waals surface area contributed by atoms with Crippen molar-refractivity contribution in [2.45, 2.75) is 56.6 Å². The number of nitrogens with zero attached hydrogens (tertiary/aromatic N) is 3. The highest BCUT2D eigenvalue weighted by Crippen LogP contribution is 2.33. The molecule has 2 saturated heterocycles. The molecular weight excluding hydrogens is 486 g/mol. The Kier molecular flexibility index (Phi) is 8.74. The monoisotopic (exact) mass is 527 g/mol. The van der Waals surface area contributed by atoms with Crippen molar-refractivity contribution in [1.82, 2.24) is 14.1 Å². The maximum atomic E-state index is 13.1. The molecule has 0 radical (unpaired) electrons. The van der Waals surface area contributed by atoms with Crippen molar-refractivity contribution in [3.8, 4) is 0 Å². The molecule has 2 aromatic rings. The summed E-state index contributed by atoms with van der Waals surface area (Å²) in [5.74, 6) is 0.357. The summed E-state index contributed by atoms with van der Waals surface area (Å²) in [5, 5.41) is 0. The van der Waals surface area contributed by atoms with Gasteiger partial charge in [-0.2, -0.15) is 0 Å². The molecule has 2 aromatic carbocycles. The first kappa shape index (κ1) is 27.8. The number of ether oxygens (including phenoxy) is 1. The summed E-state index contributed by atoms with van der Waals surface area (Å²) in [6.45, 7) is 10.6. The molecule has 37 heavy (non-hydrogen) atoms. The highest BCUT2D eigenvalue weighted by atomic mass is 32.2. The molecule has 0 saturated carbocycles. The van der Waals surface area contributed by atoms with E-state index in [-0.39, 0.29) is 23.5 Å². The average molecular weight is 528 g/mol. The van der Waals surface area contributed by atoms with Crippen LogP contribution in [0, 0.1) is 5.92 Å². The van der Waals surface area contributed by atoms with E-state index in [1.807, 2.05) is 61.2 Å². The van der Waals surface area contributed by atoms with Crippen LogP contribution in [-0.4, -0.2) is 86.5 Å². The number of benzene rings is 2. The highest BCUT2D eigenvalue weighted by molar-refractivity contribution is 7.89. The number of hydrogen-bond donors (Lipinski definition) is 0. The summed E-state index contributed by atoms with van der Waals surface area (Å²) in [6, 6.07) is 16.8. The first-order chi connectivity index (χ1) is 17.6. The van der Waals surface area contributed by atoms with E-state index in [4.69, 9.17) is 4.74 Å². The van der Waals surface area contributed by atoms with E-state index in [2.05, 4.69) is 11.8 Å². The molecule has 202 valence electrons. The molecule has 2 fully saturated rings. The molecule has 0 aromatic heterocycles. The van der Waals surface area contributed by atoms with Crippen LogP contribution in [0.15, 0.2) is 59.5 Å². The Morgan fingerprint density at radius 3 is 2.35 bits per heavy atom. The Hall–Kier alpha value is -2.26. The van der Waals surface area contributed by atoms with Gasteiger partial charge in [0.2, 0.25) is 10.0 Å². The van der Waals surface area contributed by atoms with Gasteiger partial charge in [0, 0.05) is 45.3 Å². The van der Waals surface area contributed by atoms with Crippen LogP contribution < -0.4 is 0 Å². The fourth-order valence-corrected chi connectivity index (χ4v) is 6.84. The van der Waals surface area contributed by atoms with Crippen molar-refractivity contribution in [1.29, 1.82) is 0 Å². The number of rotatable bonds is 8.